The number of nitrogens with one attached hydrogen (secondary N) is 1. The molecule has 0 fully saturated rings. The van der Waals surface area contributed by atoms with Crippen molar-refractivity contribution in [2.24, 2.45) is 0 Å². The molecule has 0 aliphatic rings. The fourth-order valence-electron chi connectivity index (χ4n) is 1.94. The van der Waals surface area contributed by atoms with Gasteiger partial charge in [-0.25, -0.2) is 0 Å². The van der Waals surface area contributed by atoms with E-state index in [4.69, 9.17) is 23.2 Å². The normalized spacial score (nSPS) is 11.1. The lowest BCUT2D eigenvalue weighted by Gasteiger charge is -2.10. The average molecular weight is 489 g/mol. The van der Waals surface area contributed by atoms with Crippen molar-refractivity contribution in [1.82, 2.24) is 0 Å². The molecule has 0 aliphatic heterocycles. The highest BCUT2D eigenvalue weighted by atomic mass is 79.9. The van der Waals surface area contributed by atoms with Gasteiger partial charge in [0, 0.05) is 24.6 Å². The van der Waals surface area contributed by atoms with E-state index in [0.717, 1.165) is 5.56 Å². The highest BCUT2D eigenvalue weighted by Crippen LogP contribution is 2.33. The van der Waals surface area contributed by atoms with Crippen LogP contribution in [0.1, 0.15) is 11.1 Å². The monoisotopic (exact) mass is 486 g/mol. The molecule has 2 aromatic rings. The second-order valence-electron chi connectivity index (χ2n) is 4.86. The summed E-state index contributed by atoms with van der Waals surface area (Å²) >= 11 is 19.0. The number of benzene rings is 2. The first-order valence-corrected chi connectivity index (χ1v) is 9.00. The molecule has 7 heteroatoms. The standard InChI is InChI=1S/C17H10Br2Cl2N2O/c1-9-5-12(18)16(13(19)6-9)23-17(24)10(8-22)7-11-14(20)3-2-4-15(11)21/h2-7H,1H3,(H,23,24)/b10-7+. The number of nitrogens with zero attached hydrogens (tertiary/aromatic N) is 1. The molecule has 2 rings (SSSR count). The highest BCUT2D eigenvalue weighted by molar-refractivity contribution is 9.11. The van der Waals surface area contributed by atoms with Gasteiger partial charge in [0.15, 0.2) is 0 Å². The lowest BCUT2D eigenvalue weighted by molar-refractivity contribution is -0.112. The maximum absolute atomic E-state index is 12.4. The van der Waals surface area contributed by atoms with Crippen molar-refractivity contribution in [1.29, 1.82) is 5.26 Å². The molecule has 0 bridgehead atoms. The van der Waals surface area contributed by atoms with Gasteiger partial charge in [0.1, 0.15) is 11.6 Å². The molecule has 122 valence electrons. The molecule has 0 aliphatic carbocycles. The van der Waals surface area contributed by atoms with Gasteiger partial charge >= 0.3 is 0 Å². The fraction of sp³-hybridized carbons (Fsp3) is 0.0588. The number of hydrogen-bond donors (Lipinski definition) is 1. The van der Waals surface area contributed by atoms with Crippen molar-refractivity contribution >= 4 is 72.7 Å². The lowest BCUT2D eigenvalue weighted by atomic mass is 10.1. The number of aryl methyl sites for hydroxylation is 1. The van der Waals surface area contributed by atoms with E-state index >= 15 is 0 Å². The Morgan fingerprint density at radius 2 is 1.75 bits per heavy atom. The molecule has 2 aromatic carbocycles. The average Bonchev–Trinajstić information content (AvgIpc) is 2.50. The molecule has 1 N–H and O–H groups in total. The highest BCUT2D eigenvalue weighted by Gasteiger charge is 2.15. The summed E-state index contributed by atoms with van der Waals surface area (Å²) in [7, 11) is 0. The molecule has 1 amide bonds. The quantitative estimate of drug-likeness (QED) is 0.403. The molecule has 0 aromatic heterocycles. The summed E-state index contributed by atoms with van der Waals surface area (Å²) in [5.41, 5.74) is 1.88. The number of hydrogen-bond acceptors (Lipinski definition) is 2. The van der Waals surface area contributed by atoms with Gasteiger partial charge in [-0.1, -0.05) is 29.3 Å². The minimum Gasteiger partial charge on any atom is -0.319 e. The summed E-state index contributed by atoms with van der Waals surface area (Å²) in [5, 5.41) is 12.7. The summed E-state index contributed by atoms with van der Waals surface area (Å²) in [6, 6.07) is 10.6. The van der Waals surface area contributed by atoms with Crippen molar-refractivity contribution in [2.75, 3.05) is 5.32 Å². The lowest BCUT2D eigenvalue weighted by Crippen LogP contribution is -2.14. The number of halogens is 4. The van der Waals surface area contributed by atoms with Crippen molar-refractivity contribution in [3.05, 3.63) is 66.0 Å². The number of carbonyl (C=O) groups is 1. The number of anilines is 1. The minimum atomic E-state index is -0.557. The largest absolute Gasteiger partial charge is 0.319 e. The number of nitriles is 1. The summed E-state index contributed by atoms with van der Waals surface area (Å²) in [4.78, 5) is 12.4. The molecule has 0 atom stereocenters. The zero-order valence-electron chi connectivity index (χ0n) is 12.3. The van der Waals surface area contributed by atoms with Gasteiger partial charge in [0.05, 0.1) is 5.69 Å². The summed E-state index contributed by atoms with van der Waals surface area (Å²) in [6.45, 7) is 1.93. The van der Waals surface area contributed by atoms with Crippen LogP contribution in [-0.4, -0.2) is 5.91 Å². The van der Waals surface area contributed by atoms with Gasteiger partial charge in [-0.15, -0.1) is 0 Å². The predicted molar refractivity (Wildman–Crippen MR) is 105 cm³/mol. The molecular formula is C17H10Br2Cl2N2O. The molecule has 0 spiro atoms. The van der Waals surface area contributed by atoms with Crippen LogP contribution < -0.4 is 5.32 Å². The van der Waals surface area contributed by atoms with Crippen LogP contribution in [-0.2, 0) is 4.79 Å². The minimum absolute atomic E-state index is 0.107. The molecule has 3 nitrogen and oxygen atoms in total. The Morgan fingerprint density at radius 1 is 1.21 bits per heavy atom. The van der Waals surface area contributed by atoms with Gasteiger partial charge < -0.3 is 5.32 Å². The van der Waals surface area contributed by atoms with E-state index in [-0.39, 0.29) is 5.57 Å². The first kappa shape index (κ1) is 19.0. The first-order chi connectivity index (χ1) is 11.3. The maximum atomic E-state index is 12.4. The Labute approximate surface area is 166 Å². The fourth-order valence-corrected chi connectivity index (χ4v) is 4.06. The first-order valence-electron chi connectivity index (χ1n) is 6.66. The predicted octanol–water partition coefficient (Wildman–Crippen LogP) is 6.37. The Hall–Kier alpha value is -1.32. The second-order valence-corrected chi connectivity index (χ2v) is 7.39. The van der Waals surface area contributed by atoms with Crippen LogP contribution >= 0.6 is 55.1 Å². The molecule has 0 unspecified atom stereocenters. The Morgan fingerprint density at radius 3 is 2.25 bits per heavy atom. The third kappa shape index (κ3) is 4.40. The van der Waals surface area contributed by atoms with E-state index < -0.39 is 5.91 Å². The van der Waals surface area contributed by atoms with Crippen LogP contribution in [0.3, 0.4) is 0 Å². The SMILES string of the molecule is Cc1cc(Br)c(NC(=O)/C(C#N)=C/c2c(Cl)cccc2Cl)c(Br)c1. The summed E-state index contributed by atoms with van der Waals surface area (Å²) in [5.74, 6) is -0.557. The number of rotatable bonds is 3. The topological polar surface area (TPSA) is 52.9 Å². The van der Waals surface area contributed by atoms with Crippen LogP contribution in [0.5, 0.6) is 0 Å². The molecular weight excluding hydrogens is 479 g/mol. The van der Waals surface area contributed by atoms with E-state index in [1.165, 1.54) is 6.08 Å². The third-order valence-corrected chi connectivity index (χ3v) is 4.99. The Balaban J connectivity index is 2.38. The van der Waals surface area contributed by atoms with Crippen LogP contribution in [0.25, 0.3) is 6.08 Å². The molecule has 0 radical (unpaired) electrons. The molecule has 24 heavy (non-hydrogen) atoms. The zero-order valence-corrected chi connectivity index (χ0v) is 17.0. The van der Waals surface area contributed by atoms with Crippen molar-refractivity contribution < 1.29 is 4.79 Å². The smallest absolute Gasteiger partial charge is 0.266 e. The van der Waals surface area contributed by atoms with Gasteiger partial charge in [0.25, 0.3) is 5.91 Å². The Kier molecular flexibility index (Phi) is 6.47. The van der Waals surface area contributed by atoms with Crippen molar-refractivity contribution in [2.45, 2.75) is 6.92 Å². The van der Waals surface area contributed by atoms with Crippen LogP contribution in [0, 0.1) is 18.3 Å². The van der Waals surface area contributed by atoms with Gasteiger partial charge in [-0.2, -0.15) is 5.26 Å². The molecule has 0 saturated carbocycles. The van der Waals surface area contributed by atoms with Gasteiger partial charge in [-0.05, 0) is 74.7 Å². The second kappa shape index (κ2) is 8.17. The van der Waals surface area contributed by atoms with E-state index in [0.29, 0.717) is 30.2 Å². The van der Waals surface area contributed by atoms with Gasteiger partial charge in [-0.3, -0.25) is 4.79 Å². The van der Waals surface area contributed by atoms with Crippen molar-refractivity contribution in [3.63, 3.8) is 0 Å². The van der Waals surface area contributed by atoms with E-state index in [1.807, 2.05) is 25.1 Å². The Bertz CT molecular complexity index is 845. The van der Waals surface area contributed by atoms with E-state index in [2.05, 4.69) is 37.2 Å². The van der Waals surface area contributed by atoms with Gasteiger partial charge in [0.2, 0.25) is 0 Å². The van der Waals surface area contributed by atoms with Crippen LogP contribution in [0.2, 0.25) is 10.0 Å². The van der Waals surface area contributed by atoms with Crippen molar-refractivity contribution in [3.8, 4) is 6.07 Å². The molecule has 0 saturated heterocycles. The summed E-state index contributed by atoms with van der Waals surface area (Å²) < 4.78 is 1.41. The van der Waals surface area contributed by atoms with E-state index in [1.54, 1.807) is 18.2 Å². The molecule has 0 heterocycles. The zero-order chi connectivity index (χ0) is 17.9. The summed E-state index contributed by atoms with van der Waals surface area (Å²) in [6.07, 6.45) is 1.37. The van der Waals surface area contributed by atoms with E-state index in [9.17, 15) is 10.1 Å². The number of amides is 1. The van der Waals surface area contributed by atoms with Crippen LogP contribution in [0.4, 0.5) is 5.69 Å². The maximum Gasteiger partial charge on any atom is 0.266 e. The van der Waals surface area contributed by atoms with Crippen LogP contribution in [0.15, 0.2) is 44.9 Å². The number of carbonyl (C=O) groups excluding carboxylic acids is 1. The third-order valence-electron chi connectivity index (χ3n) is 3.08.